The lowest BCUT2D eigenvalue weighted by atomic mass is 10.2. The van der Waals surface area contributed by atoms with Gasteiger partial charge < -0.3 is 16.0 Å². The first-order valence-electron chi connectivity index (χ1n) is 7.65. The van der Waals surface area contributed by atoms with Crippen molar-refractivity contribution in [1.82, 2.24) is 0 Å². The molecule has 0 fully saturated rings. The Balaban J connectivity index is 1.86. The van der Waals surface area contributed by atoms with E-state index >= 15 is 0 Å². The van der Waals surface area contributed by atoms with Crippen LogP contribution in [0.4, 0.5) is 17.1 Å². The molecule has 0 atom stereocenters. The van der Waals surface area contributed by atoms with E-state index in [9.17, 15) is 9.59 Å². The zero-order chi connectivity index (χ0) is 17.5. The molecule has 0 unspecified atom stereocenters. The fourth-order valence-electron chi connectivity index (χ4n) is 1.91. The molecule has 2 aromatic carbocycles. The van der Waals surface area contributed by atoms with Gasteiger partial charge in [-0.25, -0.2) is 0 Å². The lowest BCUT2D eigenvalue weighted by Gasteiger charge is -2.10. The van der Waals surface area contributed by atoms with Crippen molar-refractivity contribution in [2.75, 3.05) is 22.5 Å². The Morgan fingerprint density at radius 3 is 2.12 bits per heavy atom. The second-order valence-electron chi connectivity index (χ2n) is 5.60. The van der Waals surface area contributed by atoms with Crippen molar-refractivity contribution in [2.24, 2.45) is 5.92 Å². The smallest absolute Gasteiger partial charge is 0.243 e. The minimum atomic E-state index is -0.148. The summed E-state index contributed by atoms with van der Waals surface area (Å²) in [7, 11) is 0. The van der Waals surface area contributed by atoms with Gasteiger partial charge in [0.25, 0.3) is 0 Å². The summed E-state index contributed by atoms with van der Waals surface area (Å²) in [4.78, 5) is 23.6. The topological polar surface area (TPSA) is 70.2 Å². The van der Waals surface area contributed by atoms with Crippen LogP contribution in [0.3, 0.4) is 0 Å². The Morgan fingerprint density at radius 1 is 0.958 bits per heavy atom. The molecule has 3 N–H and O–H groups in total. The molecule has 0 aliphatic rings. The maximum Gasteiger partial charge on any atom is 0.243 e. The van der Waals surface area contributed by atoms with E-state index in [1.165, 1.54) is 0 Å². The van der Waals surface area contributed by atoms with Crippen LogP contribution in [-0.2, 0) is 9.59 Å². The number of hydrogen-bond acceptors (Lipinski definition) is 3. The summed E-state index contributed by atoms with van der Waals surface area (Å²) in [6.07, 6.45) is 0. The molecule has 0 radical (unpaired) electrons. The molecule has 126 valence electrons. The predicted molar refractivity (Wildman–Crippen MR) is 101 cm³/mol. The Bertz CT molecular complexity index is 714. The minimum Gasteiger partial charge on any atom is -0.375 e. The lowest BCUT2D eigenvalue weighted by Crippen LogP contribution is -2.22. The molecule has 0 saturated carbocycles. The van der Waals surface area contributed by atoms with Gasteiger partial charge in [-0.1, -0.05) is 26.0 Å². The number of carbonyl (C=O) groups is 2. The maximum absolute atomic E-state index is 12.0. The van der Waals surface area contributed by atoms with Gasteiger partial charge in [0.2, 0.25) is 11.8 Å². The number of hydrogen-bond donors (Lipinski definition) is 3. The summed E-state index contributed by atoms with van der Waals surface area (Å²) < 4.78 is 0.906. The molecule has 0 heterocycles. The van der Waals surface area contributed by atoms with Crippen LogP contribution in [0.1, 0.15) is 13.8 Å². The summed E-state index contributed by atoms with van der Waals surface area (Å²) in [5.41, 5.74) is 2.24. The molecule has 0 saturated heterocycles. The molecule has 5 nitrogen and oxygen atoms in total. The number of anilines is 3. The van der Waals surface area contributed by atoms with Crippen molar-refractivity contribution in [3.05, 3.63) is 53.0 Å². The number of halogens is 1. The van der Waals surface area contributed by atoms with Crippen LogP contribution < -0.4 is 16.0 Å². The highest BCUT2D eigenvalue weighted by molar-refractivity contribution is 9.10. The van der Waals surface area contributed by atoms with Crippen LogP contribution in [0.5, 0.6) is 0 Å². The van der Waals surface area contributed by atoms with Gasteiger partial charge in [0.15, 0.2) is 0 Å². The Labute approximate surface area is 150 Å². The summed E-state index contributed by atoms with van der Waals surface area (Å²) in [6, 6.07) is 14.6. The van der Waals surface area contributed by atoms with Gasteiger partial charge in [0.1, 0.15) is 0 Å². The molecular weight excluding hydrogens is 370 g/mol. The van der Waals surface area contributed by atoms with E-state index in [0.29, 0.717) is 11.4 Å². The first-order chi connectivity index (χ1) is 11.5. The average molecular weight is 390 g/mol. The third-order valence-electron chi connectivity index (χ3n) is 3.27. The van der Waals surface area contributed by atoms with Crippen molar-refractivity contribution in [3.8, 4) is 0 Å². The highest BCUT2D eigenvalue weighted by atomic mass is 79.9. The molecule has 2 rings (SSSR count). The third-order valence-corrected chi connectivity index (χ3v) is 3.97. The highest BCUT2D eigenvalue weighted by Gasteiger charge is 2.07. The van der Waals surface area contributed by atoms with Crippen molar-refractivity contribution in [1.29, 1.82) is 0 Å². The van der Waals surface area contributed by atoms with E-state index < -0.39 is 0 Å². The molecule has 0 aromatic heterocycles. The molecule has 6 heteroatoms. The van der Waals surface area contributed by atoms with Gasteiger partial charge in [0.05, 0.1) is 6.54 Å². The van der Waals surface area contributed by atoms with Crippen LogP contribution in [0, 0.1) is 5.92 Å². The molecule has 2 amide bonds. The fourth-order valence-corrected chi connectivity index (χ4v) is 2.33. The molecular formula is C18H20BrN3O2. The van der Waals surface area contributed by atoms with Crippen molar-refractivity contribution in [3.63, 3.8) is 0 Å². The first kappa shape index (κ1) is 18.0. The quantitative estimate of drug-likeness (QED) is 0.696. The van der Waals surface area contributed by atoms with Crippen LogP contribution in [0.15, 0.2) is 53.0 Å². The molecule has 0 bridgehead atoms. The van der Waals surface area contributed by atoms with E-state index in [1.807, 2.05) is 38.1 Å². The fraction of sp³-hybridized carbons (Fsp3) is 0.222. The molecule has 2 aromatic rings. The number of carbonyl (C=O) groups excluding carboxylic acids is 2. The molecule has 0 spiro atoms. The zero-order valence-corrected chi connectivity index (χ0v) is 15.2. The monoisotopic (exact) mass is 389 g/mol. The van der Waals surface area contributed by atoms with Crippen molar-refractivity contribution in [2.45, 2.75) is 13.8 Å². The van der Waals surface area contributed by atoms with E-state index in [0.717, 1.165) is 10.2 Å². The number of amides is 2. The number of benzene rings is 2. The van der Waals surface area contributed by atoms with Crippen LogP contribution in [-0.4, -0.2) is 18.4 Å². The second-order valence-corrected chi connectivity index (χ2v) is 6.46. The normalized spacial score (nSPS) is 10.3. The van der Waals surface area contributed by atoms with Gasteiger partial charge in [0, 0.05) is 27.5 Å². The standard InChI is InChI=1S/C18H20BrN3O2/c1-12(2)18(24)22-14-9-7-13(8-10-14)21-17(23)11-20-16-6-4-3-5-15(16)19/h3-10,12,20H,11H2,1-2H3,(H,21,23)(H,22,24). The van der Waals surface area contributed by atoms with Gasteiger partial charge >= 0.3 is 0 Å². The predicted octanol–water partition coefficient (Wildman–Crippen LogP) is 4.09. The summed E-state index contributed by atoms with van der Waals surface area (Å²) in [5.74, 6) is -0.262. The van der Waals surface area contributed by atoms with Crippen LogP contribution in [0.2, 0.25) is 0 Å². The highest BCUT2D eigenvalue weighted by Crippen LogP contribution is 2.21. The van der Waals surface area contributed by atoms with E-state index in [4.69, 9.17) is 0 Å². The van der Waals surface area contributed by atoms with Gasteiger partial charge in [-0.2, -0.15) is 0 Å². The first-order valence-corrected chi connectivity index (χ1v) is 8.44. The van der Waals surface area contributed by atoms with E-state index in [1.54, 1.807) is 24.3 Å². The van der Waals surface area contributed by atoms with Crippen molar-refractivity contribution >= 4 is 44.8 Å². The van der Waals surface area contributed by atoms with Crippen LogP contribution in [0.25, 0.3) is 0 Å². The number of rotatable bonds is 6. The number of para-hydroxylation sites is 1. The minimum absolute atomic E-state index is 0.0376. The maximum atomic E-state index is 12.0. The Morgan fingerprint density at radius 2 is 1.54 bits per heavy atom. The van der Waals surface area contributed by atoms with Gasteiger partial charge in [-0.3, -0.25) is 9.59 Å². The molecule has 0 aliphatic carbocycles. The summed E-state index contributed by atoms with van der Waals surface area (Å²) in [5, 5.41) is 8.68. The van der Waals surface area contributed by atoms with Crippen LogP contribution >= 0.6 is 15.9 Å². The summed E-state index contributed by atoms with van der Waals surface area (Å²) in [6.45, 7) is 3.83. The molecule has 24 heavy (non-hydrogen) atoms. The van der Waals surface area contributed by atoms with Gasteiger partial charge in [-0.15, -0.1) is 0 Å². The largest absolute Gasteiger partial charge is 0.375 e. The second kappa shape index (κ2) is 8.49. The molecule has 0 aliphatic heterocycles. The average Bonchev–Trinajstić information content (AvgIpc) is 2.56. The SMILES string of the molecule is CC(C)C(=O)Nc1ccc(NC(=O)CNc2ccccc2Br)cc1. The summed E-state index contributed by atoms with van der Waals surface area (Å²) >= 11 is 3.42. The lowest BCUT2D eigenvalue weighted by molar-refractivity contribution is -0.119. The van der Waals surface area contributed by atoms with E-state index in [2.05, 4.69) is 31.9 Å². The Hall–Kier alpha value is -2.34. The Kier molecular flexibility index (Phi) is 6.37. The van der Waals surface area contributed by atoms with Crippen molar-refractivity contribution < 1.29 is 9.59 Å². The number of nitrogens with one attached hydrogen (secondary N) is 3. The zero-order valence-electron chi connectivity index (χ0n) is 13.6. The van der Waals surface area contributed by atoms with Gasteiger partial charge in [-0.05, 0) is 52.3 Å². The third kappa shape index (κ3) is 5.38. The van der Waals surface area contributed by atoms with E-state index in [-0.39, 0.29) is 24.3 Å².